The Morgan fingerprint density at radius 2 is 1.87 bits per heavy atom. The third-order valence-corrected chi connectivity index (χ3v) is 7.78. The third-order valence-electron chi connectivity index (χ3n) is 7.41. The topological polar surface area (TPSA) is 71.5 Å². The summed E-state index contributed by atoms with van der Waals surface area (Å²) in [5, 5.41) is 1.45. The van der Waals surface area contributed by atoms with E-state index in [4.69, 9.17) is 16.3 Å². The maximum atomic E-state index is 16.0. The molecular formula is C28H26ClF2N5O2. The second kappa shape index (κ2) is 8.73. The zero-order valence-electron chi connectivity index (χ0n) is 21.3. The normalized spacial score (nSPS) is 19.4. The number of carbonyl (C=O) groups is 1. The van der Waals surface area contributed by atoms with E-state index >= 15 is 4.39 Å². The molecule has 0 N–H and O–H groups in total. The van der Waals surface area contributed by atoms with Crippen LogP contribution in [0.5, 0.6) is 0 Å². The molecule has 2 fully saturated rings. The molecule has 4 heterocycles. The molecule has 0 saturated carbocycles. The molecule has 1 atom stereocenters. The van der Waals surface area contributed by atoms with Crippen LogP contribution in [0.2, 0.25) is 5.02 Å². The highest BCUT2D eigenvalue weighted by molar-refractivity contribution is 6.36. The molecule has 1 amide bonds. The van der Waals surface area contributed by atoms with Crippen molar-refractivity contribution in [1.29, 1.82) is 0 Å². The maximum Gasteiger partial charge on any atom is 0.410 e. The zero-order valence-corrected chi connectivity index (χ0v) is 22.0. The van der Waals surface area contributed by atoms with E-state index in [9.17, 15) is 9.18 Å². The average molecular weight is 538 g/mol. The lowest BCUT2D eigenvalue weighted by Crippen LogP contribution is -2.64. The van der Waals surface area contributed by atoms with E-state index < -0.39 is 17.2 Å². The predicted octanol–water partition coefficient (Wildman–Crippen LogP) is 6.37. The highest BCUT2D eigenvalue weighted by Gasteiger charge is 2.53. The summed E-state index contributed by atoms with van der Waals surface area (Å²) < 4.78 is 35.8. The van der Waals surface area contributed by atoms with Crippen molar-refractivity contribution in [1.82, 2.24) is 19.9 Å². The summed E-state index contributed by atoms with van der Waals surface area (Å²) in [7, 11) is 0. The van der Waals surface area contributed by atoms with Gasteiger partial charge < -0.3 is 14.5 Å². The molecule has 4 aromatic rings. The average Bonchev–Trinajstić information content (AvgIpc) is 3.32. The van der Waals surface area contributed by atoms with E-state index in [0.717, 1.165) is 12.8 Å². The summed E-state index contributed by atoms with van der Waals surface area (Å²) in [6, 6.07) is 8.09. The molecule has 7 nitrogen and oxygen atoms in total. The number of amides is 1. The molecule has 2 aliphatic heterocycles. The van der Waals surface area contributed by atoms with Crippen LogP contribution in [0.25, 0.3) is 32.9 Å². The van der Waals surface area contributed by atoms with Crippen LogP contribution >= 0.6 is 11.6 Å². The number of ether oxygens (including phenoxy) is 1. The molecule has 2 aliphatic rings. The number of benzene rings is 2. The van der Waals surface area contributed by atoms with Crippen molar-refractivity contribution < 1.29 is 18.3 Å². The minimum Gasteiger partial charge on any atom is -0.444 e. The second-order valence-corrected chi connectivity index (χ2v) is 11.3. The number of halogens is 3. The molecule has 1 spiro atoms. The highest BCUT2D eigenvalue weighted by atomic mass is 35.5. The van der Waals surface area contributed by atoms with E-state index in [1.54, 1.807) is 35.4 Å². The van der Waals surface area contributed by atoms with Crippen LogP contribution in [-0.4, -0.2) is 56.7 Å². The molecule has 1 unspecified atom stereocenters. The van der Waals surface area contributed by atoms with Crippen molar-refractivity contribution in [2.24, 2.45) is 0 Å². The lowest BCUT2D eigenvalue weighted by atomic mass is 9.84. The molecule has 10 heteroatoms. The van der Waals surface area contributed by atoms with Crippen molar-refractivity contribution in [2.75, 3.05) is 24.5 Å². The van der Waals surface area contributed by atoms with Crippen molar-refractivity contribution in [2.45, 2.75) is 44.8 Å². The lowest BCUT2D eigenvalue weighted by Gasteiger charge is -2.50. The van der Waals surface area contributed by atoms with Gasteiger partial charge in [-0.05, 0) is 45.1 Å². The number of likely N-dealkylation sites (tertiary alicyclic amines) is 1. The van der Waals surface area contributed by atoms with Crippen LogP contribution in [0.1, 0.15) is 33.6 Å². The van der Waals surface area contributed by atoms with E-state index in [-0.39, 0.29) is 27.9 Å². The molecule has 0 radical (unpaired) electrons. The van der Waals surface area contributed by atoms with Crippen LogP contribution in [0.4, 0.5) is 19.4 Å². The maximum absolute atomic E-state index is 16.0. The van der Waals surface area contributed by atoms with Gasteiger partial charge in [-0.1, -0.05) is 35.9 Å². The van der Waals surface area contributed by atoms with Crippen molar-refractivity contribution in [3.05, 3.63) is 59.5 Å². The number of hydrogen-bond acceptors (Lipinski definition) is 6. The Hall–Kier alpha value is -3.59. The summed E-state index contributed by atoms with van der Waals surface area (Å²) in [6.07, 6.45) is 4.18. The van der Waals surface area contributed by atoms with Gasteiger partial charge in [0.25, 0.3) is 0 Å². The van der Waals surface area contributed by atoms with Crippen molar-refractivity contribution in [3.63, 3.8) is 0 Å². The lowest BCUT2D eigenvalue weighted by molar-refractivity contribution is -0.0362. The fourth-order valence-corrected chi connectivity index (χ4v) is 5.80. The van der Waals surface area contributed by atoms with Crippen LogP contribution in [-0.2, 0) is 4.74 Å². The van der Waals surface area contributed by atoms with Gasteiger partial charge in [0.05, 0.1) is 15.9 Å². The van der Waals surface area contributed by atoms with Crippen molar-refractivity contribution in [3.8, 4) is 11.3 Å². The monoisotopic (exact) mass is 537 g/mol. The van der Waals surface area contributed by atoms with Crippen molar-refractivity contribution >= 4 is 45.2 Å². The summed E-state index contributed by atoms with van der Waals surface area (Å²) in [5.74, 6) is -0.661. The van der Waals surface area contributed by atoms with Gasteiger partial charge in [0.2, 0.25) is 0 Å². The van der Waals surface area contributed by atoms with Crippen LogP contribution in [0, 0.1) is 11.6 Å². The molecule has 2 aromatic carbocycles. The number of pyridine rings is 1. The quantitative estimate of drug-likeness (QED) is 0.296. The first kappa shape index (κ1) is 24.7. The molecule has 196 valence electrons. The number of rotatable bonds is 2. The van der Waals surface area contributed by atoms with Gasteiger partial charge in [-0.15, -0.1) is 0 Å². The van der Waals surface area contributed by atoms with Gasteiger partial charge in [-0.25, -0.2) is 23.5 Å². The number of carbonyl (C=O) groups excluding carboxylic acids is 1. The van der Waals surface area contributed by atoms with Gasteiger partial charge in [-0.2, -0.15) is 0 Å². The third kappa shape index (κ3) is 3.91. The Morgan fingerprint density at radius 1 is 1.08 bits per heavy atom. The Bertz CT molecular complexity index is 1610. The first-order valence-corrected chi connectivity index (χ1v) is 12.9. The van der Waals surface area contributed by atoms with E-state index in [1.165, 1.54) is 12.4 Å². The highest BCUT2D eigenvalue weighted by Crippen LogP contribution is 2.43. The molecule has 6 rings (SSSR count). The van der Waals surface area contributed by atoms with Gasteiger partial charge >= 0.3 is 6.09 Å². The van der Waals surface area contributed by atoms with E-state index in [0.29, 0.717) is 47.2 Å². The SMILES string of the molecule is CC(C)(C)OC(=O)N1CCC12CCN(c1ncnc3c(F)c(-c4cccc5ccc(F)c(Cl)c45)ncc13)C2. The first-order chi connectivity index (χ1) is 18.1. The fraction of sp³-hybridized carbons (Fsp3) is 0.357. The number of aromatic nitrogens is 3. The smallest absolute Gasteiger partial charge is 0.410 e. The second-order valence-electron chi connectivity index (χ2n) is 10.9. The van der Waals surface area contributed by atoms with Gasteiger partial charge in [0, 0.05) is 36.8 Å². The molecule has 0 aliphatic carbocycles. The Balaban J connectivity index is 1.36. The number of nitrogens with zero attached hydrogens (tertiary/aromatic N) is 5. The predicted molar refractivity (Wildman–Crippen MR) is 142 cm³/mol. The molecule has 38 heavy (non-hydrogen) atoms. The largest absolute Gasteiger partial charge is 0.444 e. The zero-order chi connectivity index (χ0) is 26.8. The number of fused-ring (bicyclic) bond motifs is 2. The Morgan fingerprint density at radius 3 is 2.61 bits per heavy atom. The van der Waals surface area contributed by atoms with Gasteiger partial charge in [0.15, 0.2) is 5.82 Å². The Kier molecular flexibility index (Phi) is 5.68. The Labute approximate surface area is 223 Å². The summed E-state index contributed by atoms with van der Waals surface area (Å²) >= 11 is 6.28. The van der Waals surface area contributed by atoms with Crippen LogP contribution in [0.15, 0.2) is 42.9 Å². The number of hydrogen-bond donors (Lipinski definition) is 0. The fourth-order valence-electron chi connectivity index (χ4n) is 5.53. The first-order valence-electron chi connectivity index (χ1n) is 12.5. The van der Waals surface area contributed by atoms with Crippen LogP contribution in [0.3, 0.4) is 0 Å². The standard InChI is InChI=1S/C28H26ClF2N5O2/c1-27(2,3)38-26(37)36-12-10-28(36)9-11-35(14-28)25-18-13-32-23(22(31)24(18)33-15-34-25)17-6-4-5-16-7-8-19(30)21(29)20(16)17/h4-8,13,15H,9-12,14H2,1-3H3. The van der Waals surface area contributed by atoms with Gasteiger partial charge in [-0.3, -0.25) is 4.98 Å². The van der Waals surface area contributed by atoms with Gasteiger partial charge in [0.1, 0.15) is 34.8 Å². The minimum absolute atomic E-state index is 0.0354. The van der Waals surface area contributed by atoms with E-state index in [2.05, 4.69) is 15.0 Å². The molecule has 0 bridgehead atoms. The molecule has 2 saturated heterocycles. The summed E-state index contributed by atoms with van der Waals surface area (Å²) in [6.45, 7) is 7.39. The molecular weight excluding hydrogens is 512 g/mol. The summed E-state index contributed by atoms with van der Waals surface area (Å²) in [4.78, 5) is 29.7. The van der Waals surface area contributed by atoms with E-state index in [1.807, 2.05) is 25.7 Å². The summed E-state index contributed by atoms with van der Waals surface area (Å²) in [5.41, 5.74) is -0.379. The van der Waals surface area contributed by atoms with Crippen LogP contribution < -0.4 is 4.90 Å². The molecule has 2 aromatic heterocycles. The number of anilines is 1. The minimum atomic E-state index is -0.632.